The monoisotopic (exact) mass is 708 g/mol. The number of rotatable bonds is 9. The van der Waals surface area contributed by atoms with E-state index in [-0.39, 0.29) is 24.5 Å². The van der Waals surface area contributed by atoms with E-state index in [0.717, 1.165) is 34.0 Å². The highest BCUT2D eigenvalue weighted by atomic mass is 127. The largest absolute Gasteiger partial charge is 0.493 e. The normalized spacial score (nSPS) is 15.0. The summed E-state index contributed by atoms with van der Waals surface area (Å²) in [5.41, 5.74) is 3.35. The average molecular weight is 709 g/mol. The zero-order valence-corrected chi connectivity index (χ0v) is 27.5. The van der Waals surface area contributed by atoms with Gasteiger partial charge in [0.15, 0.2) is 18.1 Å². The standard InChI is InChI=1S/C31H34ClIN2O5S/c1-6-39-26(36)17-40-28-23(33)13-18(14-24(28)38-5)16-34-30-27(29(37)35-21-10-8-20(32)9-11-21)22-12-7-19(31(2,3)4)15-25(22)41-30/h8-11,13-14,16,19H,6-7,12,15,17H2,1-5H3,(H,35,37)/t19-/m1/s1. The fraction of sp³-hybridized carbons (Fsp3) is 0.387. The van der Waals surface area contributed by atoms with Crippen LogP contribution < -0.4 is 14.8 Å². The van der Waals surface area contributed by atoms with Gasteiger partial charge in [0, 0.05) is 21.8 Å². The van der Waals surface area contributed by atoms with E-state index in [4.69, 9.17) is 30.8 Å². The molecule has 0 radical (unpaired) electrons. The van der Waals surface area contributed by atoms with Crippen molar-refractivity contribution in [1.82, 2.24) is 0 Å². The Hall–Kier alpha value is -2.63. The Morgan fingerprint density at radius 2 is 1.95 bits per heavy atom. The molecule has 1 heterocycles. The van der Waals surface area contributed by atoms with Crippen molar-refractivity contribution in [2.24, 2.45) is 16.3 Å². The van der Waals surface area contributed by atoms with Gasteiger partial charge < -0.3 is 19.5 Å². The third kappa shape index (κ3) is 7.81. The molecule has 0 saturated carbocycles. The van der Waals surface area contributed by atoms with E-state index < -0.39 is 5.97 Å². The zero-order valence-electron chi connectivity index (χ0n) is 23.8. The molecule has 0 unspecified atom stereocenters. The number of halogens is 2. The number of aliphatic imine (C=N–C) groups is 1. The van der Waals surface area contributed by atoms with Crippen LogP contribution in [0.25, 0.3) is 0 Å². The Balaban J connectivity index is 1.66. The van der Waals surface area contributed by atoms with Crippen LogP contribution in [-0.4, -0.2) is 38.4 Å². The molecule has 0 bridgehead atoms. The molecule has 3 aromatic rings. The number of methoxy groups -OCH3 is 1. The number of ether oxygens (including phenoxy) is 3. The van der Waals surface area contributed by atoms with E-state index in [1.54, 1.807) is 61.9 Å². The van der Waals surface area contributed by atoms with Crippen molar-refractivity contribution in [3.63, 3.8) is 0 Å². The van der Waals surface area contributed by atoms with E-state index in [9.17, 15) is 9.59 Å². The highest BCUT2D eigenvalue weighted by Gasteiger charge is 2.33. The van der Waals surface area contributed by atoms with Crippen molar-refractivity contribution in [3.05, 3.63) is 66.6 Å². The second kappa shape index (κ2) is 13.6. The summed E-state index contributed by atoms with van der Waals surface area (Å²) in [6.07, 6.45) is 4.53. The maximum absolute atomic E-state index is 13.6. The number of fused-ring (bicyclic) bond motifs is 1. The van der Waals surface area contributed by atoms with Crippen molar-refractivity contribution in [1.29, 1.82) is 0 Å². The Bertz CT molecular complexity index is 1450. The number of anilines is 1. The van der Waals surface area contributed by atoms with Gasteiger partial charge in [-0.15, -0.1) is 11.3 Å². The van der Waals surface area contributed by atoms with E-state index in [0.29, 0.717) is 38.7 Å². The fourth-order valence-corrected chi connectivity index (χ4v) is 6.96. The number of carbonyl (C=O) groups is 2. The first-order chi connectivity index (χ1) is 19.5. The third-order valence-corrected chi connectivity index (χ3v) is 9.24. The zero-order chi connectivity index (χ0) is 29.7. The number of nitrogens with zero attached hydrogens (tertiary/aromatic N) is 1. The summed E-state index contributed by atoms with van der Waals surface area (Å²) in [6, 6.07) is 10.8. The minimum atomic E-state index is -0.448. The summed E-state index contributed by atoms with van der Waals surface area (Å²) in [4.78, 5) is 31.5. The molecule has 0 aliphatic heterocycles. The summed E-state index contributed by atoms with van der Waals surface area (Å²) in [5, 5.41) is 4.31. The van der Waals surface area contributed by atoms with Gasteiger partial charge in [0.25, 0.3) is 5.91 Å². The molecule has 1 aliphatic carbocycles. The van der Waals surface area contributed by atoms with Gasteiger partial charge in [-0.05, 0) is 108 Å². The van der Waals surface area contributed by atoms with Gasteiger partial charge in [-0.2, -0.15) is 0 Å². The maximum Gasteiger partial charge on any atom is 0.344 e. The van der Waals surface area contributed by atoms with Crippen LogP contribution in [-0.2, 0) is 22.4 Å². The summed E-state index contributed by atoms with van der Waals surface area (Å²) >= 11 is 9.76. The first-order valence-corrected chi connectivity index (χ1v) is 15.7. The number of amides is 1. The van der Waals surface area contributed by atoms with E-state index in [2.05, 4.69) is 48.7 Å². The minimum absolute atomic E-state index is 0.180. The molecule has 1 aliphatic rings. The summed E-state index contributed by atoms with van der Waals surface area (Å²) in [5.74, 6) is 0.838. The van der Waals surface area contributed by atoms with Crippen LogP contribution in [0.2, 0.25) is 5.02 Å². The number of hydrogen-bond acceptors (Lipinski definition) is 7. The van der Waals surface area contributed by atoms with Crippen LogP contribution >= 0.6 is 45.5 Å². The fourth-order valence-electron chi connectivity index (χ4n) is 4.78. The molecule has 1 aromatic heterocycles. The van der Waals surface area contributed by atoms with Crippen molar-refractivity contribution < 1.29 is 23.8 Å². The van der Waals surface area contributed by atoms with Gasteiger partial charge >= 0.3 is 5.97 Å². The summed E-state index contributed by atoms with van der Waals surface area (Å²) in [7, 11) is 1.54. The van der Waals surface area contributed by atoms with Crippen molar-refractivity contribution in [3.8, 4) is 11.5 Å². The quantitative estimate of drug-likeness (QED) is 0.138. The van der Waals surface area contributed by atoms with Crippen LogP contribution in [0.1, 0.15) is 60.5 Å². The Morgan fingerprint density at radius 1 is 1.22 bits per heavy atom. The van der Waals surface area contributed by atoms with Gasteiger partial charge in [-0.3, -0.25) is 4.79 Å². The van der Waals surface area contributed by atoms with Crippen LogP contribution in [0.15, 0.2) is 41.4 Å². The van der Waals surface area contributed by atoms with E-state index in [1.807, 2.05) is 6.07 Å². The molecule has 1 atom stereocenters. The van der Waals surface area contributed by atoms with Crippen LogP contribution in [0, 0.1) is 14.9 Å². The lowest BCUT2D eigenvalue weighted by Crippen LogP contribution is -2.27. The molecule has 0 spiro atoms. The predicted octanol–water partition coefficient (Wildman–Crippen LogP) is 8.11. The maximum atomic E-state index is 13.6. The van der Waals surface area contributed by atoms with Crippen LogP contribution in [0.3, 0.4) is 0 Å². The van der Waals surface area contributed by atoms with Gasteiger partial charge in [-0.1, -0.05) is 32.4 Å². The number of esters is 1. The molecular formula is C31H34ClIN2O5S. The SMILES string of the molecule is CCOC(=O)COc1c(I)cc(C=Nc2sc3c(c2C(=O)Nc2ccc(Cl)cc2)CC[C@@H](C(C)(C)C)C3)cc1OC. The Labute approximate surface area is 263 Å². The molecule has 41 heavy (non-hydrogen) atoms. The van der Waals surface area contributed by atoms with E-state index in [1.165, 1.54) is 4.88 Å². The number of hydrogen-bond donors (Lipinski definition) is 1. The van der Waals surface area contributed by atoms with Crippen molar-refractivity contribution in [2.45, 2.75) is 47.0 Å². The first kappa shape index (κ1) is 31.3. The van der Waals surface area contributed by atoms with Crippen molar-refractivity contribution >= 4 is 74.3 Å². The van der Waals surface area contributed by atoms with E-state index >= 15 is 0 Å². The predicted molar refractivity (Wildman–Crippen MR) is 174 cm³/mol. The number of nitrogens with one attached hydrogen (secondary N) is 1. The lowest BCUT2D eigenvalue weighted by Gasteiger charge is -2.33. The van der Waals surface area contributed by atoms with Crippen molar-refractivity contribution in [2.75, 3.05) is 25.6 Å². The van der Waals surface area contributed by atoms with Gasteiger partial charge in [-0.25, -0.2) is 9.79 Å². The van der Waals surface area contributed by atoms with Crippen LogP contribution in [0.4, 0.5) is 10.7 Å². The highest BCUT2D eigenvalue weighted by molar-refractivity contribution is 14.1. The summed E-state index contributed by atoms with van der Waals surface area (Å²) in [6.45, 7) is 8.65. The van der Waals surface area contributed by atoms with Gasteiger partial charge in [0.2, 0.25) is 0 Å². The molecule has 218 valence electrons. The third-order valence-electron chi connectivity index (χ3n) is 7.02. The second-order valence-electron chi connectivity index (χ2n) is 10.8. The van der Waals surface area contributed by atoms with Crippen LogP contribution in [0.5, 0.6) is 11.5 Å². The lowest BCUT2D eigenvalue weighted by molar-refractivity contribution is -0.145. The molecule has 4 rings (SSSR count). The second-order valence-corrected chi connectivity index (χ2v) is 13.5. The molecule has 0 saturated heterocycles. The Morgan fingerprint density at radius 3 is 2.61 bits per heavy atom. The highest BCUT2D eigenvalue weighted by Crippen LogP contribution is 2.45. The minimum Gasteiger partial charge on any atom is -0.493 e. The molecule has 10 heteroatoms. The van der Waals surface area contributed by atoms with Gasteiger partial charge in [0.1, 0.15) is 5.00 Å². The number of thiophene rings is 1. The average Bonchev–Trinajstić information content (AvgIpc) is 3.29. The smallest absolute Gasteiger partial charge is 0.344 e. The molecule has 7 nitrogen and oxygen atoms in total. The number of benzene rings is 2. The molecule has 1 N–H and O–H groups in total. The molecular weight excluding hydrogens is 675 g/mol. The molecule has 2 aromatic carbocycles. The number of carbonyl (C=O) groups excluding carboxylic acids is 2. The Kier molecular flexibility index (Phi) is 10.4. The molecule has 0 fully saturated rings. The molecule has 1 amide bonds. The topological polar surface area (TPSA) is 86.2 Å². The lowest BCUT2D eigenvalue weighted by atomic mass is 9.72. The van der Waals surface area contributed by atoms with Gasteiger partial charge in [0.05, 0.1) is 22.9 Å². The summed E-state index contributed by atoms with van der Waals surface area (Å²) < 4.78 is 16.9. The first-order valence-electron chi connectivity index (χ1n) is 13.4.